The molecule has 0 atom stereocenters. The van der Waals surface area contributed by atoms with E-state index < -0.39 is 0 Å². The van der Waals surface area contributed by atoms with Crippen molar-refractivity contribution in [3.63, 3.8) is 0 Å². The van der Waals surface area contributed by atoms with Crippen molar-refractivity contribution in [2.24, 2.45) is 11.1 Å². The maximum absolute atomic E-state index is 11.7. The zero-order chi connectivity index (χ0) is 12.9. The fourth-order valence-electron chi connectivity index (χ4n) is 1.17. The Balaban J connectivity index is 2.73. The van der Waals surface area contributed by atoms with Crippen molar-refractivity contribution in [3.05, 3.63) is 53.7 Å². The highest BCUT2D eigenvalue weighted by Crippen LogP contribution is 2.15. The molecule has 1 rings (SSSR count). The van der Waals surface area contributed by atoms with E-state index in [1.165, 1.54) is 6.08 Å². The summed E-state index contributed by atoms with van der Waals surface area (Å²) in [6.45, 7) is 5.63. The van der Waals surface area contributed by atoms with Crippen LogP contribution >= 0.6 is 0 Å². The molecule has 90 valence electrons. The molecule has 0 aliphatic rings. The summed E-state index contributed by atoms with van der Waals surface area (Å²) >= 11 is 0. The van der Waals surface area contributed by atoms with Crippen molar-refractivity contribution in [1.82, 2.24) is 0 Å². The fraction of sp³-hybridized carbons (Fsp3) is 0.267. The first-order chi connectivity index (χ1) is 7.89. The largest absolute Gasteiger partial charge is 0.399 e. The van der Waals surface area contributed by atoms with Crippen LogP contribution in [0.3, 0.4) is 0 Å². The highest BCUT2D eigenvalue weighted by Gasteiger charge is 2.18. The molecule has 0 saturated heterocycles. The van der Waals surface area contributed by atoms with E-state index in [9.17, 15) is 4.79 Å². The van der Waals surface area contributed by atoms with E-state index in [4.69, 9.17) is 5.73 Å². The van der Waals surface area contributed by atoms with Crippen LogP contribution in [0, 0.1) is 5.41 Å². The Morgan fingerprint density at radius 1 is 1.18 bits per heavy atom. The number of nitrogens with two attached hydrogens (primary N) is 1. The zero-order valence-electron chi connectivity index (χ0n) is 10.6. The van der Waals surface area contributed by atoms with E-state index >= 15 is 0 Å². The maximum Gasteiger partial charge on any atom is 0.163 e. The summed E-state index contributed by atoms with van der Waals surface area (Å²) in [7, 11) is 0. The minimum Gasteiger partial charge on any atom is -0.399 e. The minimum absolute atomic E-state index is 0.0349. The van der Waals surface area contributed by atoms with E-state index in [-0.39, 0.29) is 11.2 Å². The predicted octanol–water partition coefficient (Wildman–Crippen LogP) is 3.16. The summed E-state index contributed by atoms with van der Waals surface area (Å²) in [6.07, 6.45) is 5.13. The van der Waals surface area contributed by atoms with Gasteiger partial charge in [-0.2, -0.15) is 0 Å². The quantitative estimate of drug-likeness (QED) is 0.639. The predicted molar refractivity (Wildman–Crippen MR) is 72.2 cm³/mol. The van der Waals surface area contributed by atoms with Crippen LogP contribution < -0.4 is 5.73 Å². The van der Waals surface area contributed by atoms with Crippen molar-refractivity contribution >= 4 is 11.9 Å². The molecule has 0 saturated carbocycles. The van der Waals surface area contributed by atoms with Gasteiger partial charge < -0.3 is 5.73 Å². The van der Waals surface area contributed by atoms with Crippen LogP contribution in [0.15, 0.2) is 48.2 Å². The molecule has 17 heavy (non-hydrogen) atoms. The number of allylic oxidation sites excluding steroid dienone is 2. The van der Waals surface area contributed by atoms with Gasteiger partial charge in [0.05, 0.1) is 0 Å². The number of hydrogen-bond donors (Lipinski definition) is 1. The summed E-state index contributed by atoms with van der Waals surface area (Å²) in [4.78, 5) is 11.7. The Bertz CT molecular complexity index is 436. The van der Waals surface area contributed by atoms with Gasteiger partial charge in [0.1, 0.15) is 0 Å². The molecule has 0 aliphatic heterocycles. The van der Waals surface area contributed by atoms with E-state index in [2.05, 4.69) is 0 Å². The third-order valence-corrected chi connectivity index (χ3v) is 2.30. The molecule has 0 spiro atoms. The lowest BCUT2D eigenvalue weighted by molar-refractivity contribution is -0.121. The second-order valence-corrected chi connectivity index (χ2v) is 5.00. The van der Waals surface area contributed by atoms with Crippen molar-refractivity contribution in [1.29, 1.82) is 0 Å². The van der Waals surface area contributed by atoms with Gasteiger partial charge in [-0.15, -0.1) is 0 Å². The van der Waals surface area contributed by atoms with Gasteiger partial charge >= 0.3 is 0 Å². The van der Waals surface area contributed by atoms with E-state index in [0.29, 0.717) is 5.70 Å². The van der Waals surface area contributed by atoms with Crippen LogP contribution in [0.4, 0.5) is 0 Å². The third-order valence-electron chi connectivity index (χ3n) is 2.30. The minimum atomic E-state index is -0.384. The Morgan fingerprint density at radius 2 is 1.76 bits per heavy atom. The number of carbonyl (C=O) groups excluding carboxylic acids is 1. The Hall–Kier alpha value is -1.83. The summed E-state index contributed by atoms with van der Waals surface area (Å²) < 4.78 is 0. The van der Waals surface area contributed by atoms with Crippen LogP contribution in [-0.2, 0) is 4.79 Å². The van der Waals surface area contributed by atoms with Crippen molar-refractivity contribution < 1.29 is 4.79 Å². The molecule has 2 N–H and O–H groups in total. The van der Waals surface area contributed by atoms with Gasteiger partial charge in [0.2, 0.25) is 0 Å². The summed E-state index contributed by atoms with van der Waals surface area (Å²) in [5, 5.41) is 0. The summed E-state index contributed by atoms with van der Waals surface area (Å²) in [5.41, 5.74) is 6.93. The number of hydrogen-bond acceptors (Lipinski definition) is 2. The second kappa shape index (κ2) is 5.48. The molecular weight excluding hydrogens is 210 g/mol. The van der Waals surface area contributed by atoms with Crippen molar-refractivity contribution in [2.75, 3.05) is 0 Å². The molecule has 0 amide bonds. The average Bonchev–Trinajstić information content (AvgIpc) is 2.26. The molecule has 2 nitrogen and oxygen atoms in total. The van der Waals surface area contributed by atoms with Gasteiger partial charge in [0.15, 0.2) is 5.78 Å². The molecule has 1 aromatic rings. The van der Waals surface area contributed by atoms with Gasteiger partial charge in [0.25, 0.3) is 0 Å². The zero-order valence-corrected chi connectivity index (χ0v) is 10.6. The van der Waals surface area contributed by atoms with E-state index in [1.54, 1.807) is 6.08 Å². The SMILES string of the molecule is CC(C)(C)C(=O)/C=C(N)/C=C\c1ccccc1. The molecule has 0 radical (unpaired) electrons. The monoisotopic (exact) mass is 229 g/mol. The average molecular weight is 229 g/mol. The van der Waals surface area contributed by atoms with Crippen LogP contribution in [-0.4, -0.2) is 5.78 Å². The fourth-order valence-corrected chi connectivity index (χ4v) is 1.17. The number of ketones is 1. The van der Waals surface area contributed by atoms with Crippen LogP contribution in [0.25, 0.3) is 6.08 Å². The Morgan fingerprint density at radius 3 is 2.29 bits per heavy atom. The van der Waals surface area contributed by atoms with Gasteiger partial charge in [0, 0.05) is 17.2 Å². The molecule has 2 heteroatoms. The standard InChI is InChI=1S/C15H19NO/c1-15(2,3)14(17)11-13(16)10-9-12-7-5-4-6-8-12/h4-11H,16H2,1-3H3/b10-9-,13-11-. The van der Waals surface area contributed by atoms with Gasteiger partial charge in [-0.05, 0) is 11.6 Å². The first-order valence-corrected chi connectivity index (χ1v) is 5.64. The topological polar surface area (TPSA) is 43.1 Å². The Labute approximate surface area is 103 Å². The molecule has 1 aromatic carbocycles. The smallest absolute Gasteiger partial charge is 0.163 e. The molecule has 0 unspecified atom stereocenters. The highest BCUT2D eigenvalue weighted by molar-refractivity contribution is 5.94. The van der Waals surface area contributed by atoms with Crippen molar-refractivity contribution in [2.45, 2.75) is 20.8 Å². The summed E-state index contributed by atoms with van der Waals surface area (Å²) in [6, 6.07) is 9.84. The lowest BCUT2D eigenvalue weighted by Gasteiger charge is -2.13. The van der Waals surface area contributed by atoms with Gasteiger partial charge in [-0.3, -0.25) is 4.79 Å². The number of benzene rings is 1. The van der Waals surface area contributed by atoms with Gasteiger partial charge in [-0.25, -0.2) is 0 Å². The molecule has 0 bridgehead atoms. The lowest BCUT2D eigenvalue weighted by atomic mass is 9.90. The van der Waals surface area contributed by atoms with E-state index in [0.717, 1.165) is 5.56 Å². The van der Waals surface area contributed by atoms with E-state index in [1.807, 2.05) is 57.2 Å². The molecule has 0 aromatic heterocycles. The highest BCUT2D eigenvalue weighted by atomic mass is 16.1. The third kappa shape index (κ3) is 4.68. The van der Waals surface area contributed by atoms with Gasteiger partial charge in [-0.1, -0.05) is 57.2 Å². The first-order valence-electron chi connectivity index (χ1n) is 5.64. The molecule has 0 fully saturated rings. The van der Waals surface area contributed by atoms with Crippen LogP contribution in [0.1, 0.15) is 26.3 Å². The maximum atomic E-state index is 11.7. The van der Waals surface area contributed by atoms with Crippen LogP contribution in [0.5, 0.6) is 0 Å². The number of rotatable bonds is 3. The molecule has 0 aliphatic carbocycles. The Kier molecular flexibility index (Phi) is 4.27. The molecule has 0 heterocycles. The van der Waals surface area contributed by atoms with Crippen LogP contribution in [0.2, 0.25) is 0 Å². The normalized spacial score (nSPS) is 13.0. The number of carbonyl (C=O) groups is 1. The van der Waals surface area contributed by atoms with Crippen molar-refractivity contribution in [3.8, 4) is 0 Å². The summed E-state index contributed by atoms with van der Waals surface area (Å²) in [5.74, 6) is 0.0349. The molecular formula is C15H19NO. The first kappa shape index (κ1) is 13.2. The lowest BCUT2D eigenvalue weighted by Crippen LogP contribution is -2.18. The second-order valence-electron chi connectivity index (χ2n) is 5.00.